The fourth-order valence-corrected chi connectivity index (χ4v) is 1.20. The Bertz CT molecular complexity index is 491. The zero-order valence-electron chi connectivity index (χ0n) is 7.27. The molecule has 1 aromatic heterocycles. The molecule has 1 aromatic carbocycles. The van der Waals surface area contributed by atoms with Gasteiger partial charge in [-0.15, -0.1) is 0 Å². The molecular formula is C10H8N2O2. The van der Waals surface area contributed by atoms with E-state index in [-0.39, 0.29) is 5.88 Å². The third-order valence-corrected chi connectivity index (χ3v) is 1.82. The molecule has 4 nitrogen and oxygen atoms in total. The van der Waals surface area contributed by atoms with E-state index in [2.05, 4.69) is 9.97 Å². The number of nitrogens with zero attached hydrogens (tertiary/aromatic N) is 1. The Morgan fingerprint density at radius 3 is 2.57 bits per heavy atom. The number of hydrogen-bond donors (Lipinski definition) is 2. The lowest BCUT2D eigenvalue weighted by Gasteiger charge is -2.01. The summed E-state index contributed by atoms with van der Waals surface area (Å²) in [6.07, 6.45) is 1.14. The smallest absolute Gasteiger partial charge is 0.269 e. The predicted molar refractivity (Wildman–Crippen MR) is 52.0 cm³/mol. The Balaban J connectivity index is 2.58. The van der Waals surface area contributed by atoms with Crippen molar-refractivity contribution in [1.29, 1.82) is 0 Å². The standard InChI is InChI=1S/C10H8N2O2/c13-8-6-11-9(10(14)12-8)7-4-2-1-3-5-7/h1-6H,(H2,12,13,14). The third kappa shape index (κ3) is 1.50. The molecule has 2 N–H and O–H groups in total. The lowest BCUT2D eigenvalue weighted by molar-refractivity contribution is 0.451. The van der Waals surface area contributed by atoms with Gasteiger partial charge in [-0.05, 0) is 0 Å². The molecule has 14 heavy (non-hydrogen) atoms. The maximum Gasteiger partial charge on any atom is 0.269 e. The van der Waals surface area contributed by atoms with E-state index in [0.29, 0.717) is 5.69 Å². The van der Waals surface area contributed by atoms with Gasteiger partial charge in [0.25, 0.3) is 5.56 Å². The van der Waals surface area contributed by atoms with Gasteiger partial charge in [0, 0.05) is 5.56 Å². The molecule has 0 aliphatic rings. The van der Waals surface area contributed by atoms with Crippen molar-refractivity contribution in [2.24, 2.45) is 0 Å². The summed E-state index contributed by atoms with van der Waals surface area (Å²) in [6, 6.07) is 9.15. The molecular weight excluding hydrogens is 180 g/mol. The molecule has 70 valence electrons. The first-order valence-corrected chi connectivity index (χ1v) is 4.11. The van der Waals surface area contributed by atoms with Gasteiger partial charge in [0.1, 0.15) is 5.69 Å². The van der Waals surface area contributed by atoms with Gasteiger partial charge in [0.05, 0.1) is 6.20 Å². The van der Waals surface area contributed by atoms with Crippen LogP contribution < -0.4 is 5.56 Å². The number of nitrogens with one attached hydrogen (secondary N) is 1. The van der Waals surface area contributed by atoms with E-state index in [9.17, 15) is 9.90 Å². The van der Waals surface area contributed by atoms with Gasteiger partial charge in [0.2, 0.25) is 5.88 Å². The molecule has 0 spiro atoms. The van der Waals surface area contributed by atoms with Crippen molar-refractivity contribution in [3.8, 4) is 17.1 Å². The van der Waals surface area contributed by atoms with Crippen molar-refractivity contribution in [2.75, 3.05) is 0 Å². The quantitative estimate of drug-likeness (QED) is 0.705. The topological polar surface area (TPSA) is 66.0 Å². The van der Waals surface area contributed by atoms with Gasteiger partial charge in [0.15, 0.2) is 0 Å². The summed E-state index contributed by atoms with van der Waals surface area (Å²) in [4.78, 5) is 16.9. The first-order valence-electron chi connectivity index (χ1n) is 4.11. The predicted octanol–water partition coefficient (Wildman–Crippen LogP) is 1.14. The van der Waals surface area contributed by atoms with Crippen LogP contribution >= 0.6 is 0 Å². The lowest BCUT2D eigenvalue weighted by Crippen LogP contribution is -2.05. The summed E-state index contributed by atoms with van der Waals surface area (Å²) in [7, 11) is 0. The Labute approximate surface area is 79.9 Å². The number of benzene rings is 1. The van der Waals surface area contributed by atoms with Crippen LogP contribution in [0.4, 0.5) is 0 Å². The van der Waals surface area contributed by atoms with Crippen molar-refractivity contribution >= 4 is 0 Å². The highest BCUT2D eigenvalue weighted by atomic mass is 16.3. The summed E-state index contributed by atoms with van der Waals surface area (Å²) in [6.45, 7) is 0. The van der Waals surface area contributed by atoms with E-state index in [1.54, 1.807) is 12.1 Å². The number of aromatic amines is 1. The lowest BCUT2D eigenvalue weighted by atomic mass is 10.1. The van der Waals surface area contributed by atoms with E-state index >= 15 is 0 Å². The van der Waals surface area contributed by atoms with Crippen LogP contribution in [-0.4, -0.2) is 15.1 Å². The highest BCUT2D eigenvalue weighted by Gasteiger charge is 2.04. The number of H-pyrrole nitrogens is 1. The number of aromatic hydroxyl groups is 1. The molecule has 2 aromatic rings. The van der Waals surface area contributed by atoms with Crippen molar-refractivity contribution < 1.29 is 5.11 Å². The van der Waals surface area contributed by atoms with Crippen LogP contribution in [0.5, 0.6) is 5.88 Å². The third-order valence-electron chi connectivity index (χ3n) is 1.82. The summed E-state index contributed by atoms with van der Waals surface area (Å²) >= 11 is 0. The molecule has 0 aliphatic carbocycles. The van der Waals surface area contributed by atoms with Crippen molar-refractivity contribution in [2.45, 2.75) is 0 Å². The molecule has 0 saturated heterocycles. The van der Waals surface area contributed by atoms with Crippen molar-refractivity contribution in [3.63, 3.8) is 0 Å². The highest BCUT2D eigenvalue weighted by molar-refractivity contribution is 5.63. The Morgan fingerprint density at radius 1 is 1.21 bits per heavy atom. The van der Waals surface area contributed by atoms with Gasteiger partial charge in [-0.1, -0.05) is 30.3 Å². The summed E-state index contributed by atoms with van der Waals surface area (Å²) in [5.74, 6) is -0.205. The highest BCUT2D eigenvalue weighted by Crippen LogP contribution is 2.22. The number of rotatable bonds is 1. The molecule has 4 heteroatoms. The van der Waals surface area contributed by atoms with Crippen LogP contribution in [0.15, 0.2) is 41.3 Å². The maximum atomic E-state index is 10.8. The zero-order chi connectivity index (χ0) is 9.97. The van der Waals surface area contributed by atoms with Crippen LogP contribution in [0.25, 0.3) is 11.3 Å². The van der Waals surface area contributed by atoms with Crippen LogP contribution in [-0.2, 0) is 0 Å². The molecule has 1 heterocycles. The first-order chi connectivity index (χ1) is 6.77. The van der Waals surface area contributed by atoms with E-state index in [1.807, 2.05) is 18.2 Å². The Kier molecular flexibility index (Phi) is 2.02. The number of aromatic nitrogens is 2. The summed E-state index contributed by atoms with van der Waals surface area (Å²) in [5, 5.41) is 9.43. The van der Waals surface area contributed by atoms with E-state index < -0.39 is 5.56 Å². The molecule has 0 saturated carbocycles. The fourth-order valence-electron chi connectivity index (χ4n) is 1.20. The Hall–Kier alpha value is -2.10. The van der Waals surface area contributed by atoms with Crippen LogP contribution in [0, 0.1) is 0 Å². The van der Waals surface area contributed by atoms with Gasteiger partial charge >= 0.3 is 0 Å². The largest absolute Gasteiger partial charge is 0.493 e. The molecule has 0 amide bonds. The van der Waals surface area contributed by atoms with Crippen molar-refractivity contribution in [1.82, 2.24) is 9.97 Å². The minimum absolute atomic E-state index is 0.205. The second kappa shape index (κ2) is 3.33. The van der Waals surface area contributed by atoms with Crippen LogP contribution in [0.1, 0.15) is 0 Å². The van der Waals surface area contributed by atoms with Gasteiger partial charge in [-0.3, -0.25) is 9.78 Å². The van der Waals surface area contributed by atoms with Gasteiger partial charge in [-0.25, -0.2) is 4.98 Å². The Morgan fingerprint density at radius 2 is 1.93 bits per heavy atom. The van der Waals surface area contributed by atoms with E-state index in [4.69, 9.17) is 0 Å². The van der Waals surface area contributed by atoms with Crippen LogP contribution in [0.3, 0.4) is 0 Å². The summed E-state index contributed by atoms with van der Waals surface area (Å²) < 4.78 is 0. The SMILES string of the molecule is O=c1cnc(-c2ccccc2)c(O)[nH]1. The van der Waals surface area contributed by atoms with E-state index in [1.165, 1.54) is 0 Å². The second-order valence-corrected chi connectivity index (χ2v) is 2.81. The summed E-state index contributed by atoms with van der Waals surface area (Å²) in [5.41, 5.74) is 0.730. The van der Waals surface area contributed by atoms with Crippen LogP contribution in [0.2, 0.25) is 0 Å². The molecule has 0 fully saturated rings. The average Bonchev–Trinajstić information content (AvgIpc) is 2.19. The van der Waals surface area contributed by atoms with Crippen molar-refractivity contribution in [3.05, 3.63) is 46.9 Å². The molecule has 2 rings (SSSR count). The minimum atomic E-state index is -0.415. The molecule has 0 bridgehead atoms. The molecule has 0 radical (unpaired) electrons. The molecule has 0 aliphatic heterocycles. The van der Waals surface area contributed by atoms with Gasteiger partial charge < -0.3 is 5.11 Å². The zero-order valence-corrected chi connectivity index (χ0v) is 7.27. The number of hydrogen-bond acceptors (Lipinski definition) is 3. The monoisotopic (exact) mass is 188 g/mol. The van der Waals surface area contributed by atoms with E-state index in [0.717, 1.165) is 11.8 Å². The maximum absolute atomic E-state index is 10.8. The van der Waals surface area contributed by atoms with Gasteiger partial charge in [-0.2, -0.15) is 0 Å². The molecule has 0 unspecified atom stereocenters. The average molecular weight is 188 g/mol. The minimum Gasteiger partial charge on any atom is -0.493 e. The molecule has 0 atom stereocenters. The first kappa shape index (κ1) is 8.50. The normalized spacial score (nSPS) is 10.0. The second-order valence-electron chi connectivity index (χ2n) is 2.81. The fraction of sp³-hybridized carbons (Fsp3) is 0.